The van der Waals surface area contributed by atoms with Crippen molar-refractivity contribution in [2.45, 2.75) is 13.0 Å². The standard InChI is InChI=1S/C28H27FN10O2/c1-4-25(40)39-10-9-38(15-19(39)13-29)28-30-14-22-26(34-28)27(32-16-31-22)33-18-5-8-24(17(2)11-18)41-20-6-7-23-21(12-20)35-36-37(23)3/h4-8,11-12,14,16,19H,1,9-10,13,15H2,2-3H3,(H,31,32,33)/t19-/m0/s1. The predicted octanol–water partition coefficient (Wildman–Crippen LogP) is 3.72. The van der Waals surface area contributed by atoms with Gasteiger partial charge >= 0.3 is 0 Å². The molecule has 208 valence electrons. The molecule has 1 aliphatic rings. The van der Waals surface area contributed by atoms with E-state index in [0.717, 1.165) is 22.3 Å². The van der Waals surface area contributed by atoms with Gasteiger partial charge in [-0.05, 0) is 48.9 Å². The molecule has 5 aromatic rings. The van der Waals surface area contributed by atoms with Crippen LogP contribution in [-0.2, 0) is 11.8 Å². The molecule has 0 unspecified atom stereocenters. The summed E-state index contributed by atoms with van der Waals surface area (Å²) >= 11 is 0. The van der Waals surface area contributed by atoms with Crippen molar-refractivity contribution in [3.8, 4) is 11.5 Å². The minimum atomic E-state index is -0.673. The van der Waals surface area contributed by atoms with Crippen molar-refractivity contribution in [3.63, 3.8) is 0 Å². The lowest BCUT2D eigenvalue weighted by atomic mass is 10.2. The first-order valence-electron chi connectivity index (χ1n) is 13.0. The second-order valence-electron chi connectivity index (χ2n) is 9.69. The molecule has 41 heavy (non-hydrogen) atoms. The number of hydrogen-bond acceptors (Lipinski definition) is 10. The monoisotopic (exact) mass is 554 g/mol. The maximum Gasteiger partial charge on any atom is 0.246 e. The molecule has 6 rings (SSSR count). The molecule has 1 atom stereocenters. The second-order valence-corrected chi connectivity index (χ2v) is 9.69. The Hall–Kier alpha value is -5.20. The van der Waals surface area contributed by atoms with Gasteiger partial charge in [0, 0.05) is 38.4 Å². The first-order valence-corrected chi connectivity index (χ1v) is 13.0. The molecule has 1 aliphatic heterocycles. The molecule has 0 saturated carbocycles. The van der Waals surface area contributed by atoms with Gasteiger partial charge in [0.25, 0.3) is 0 Å². The van der Waals surface area contributed by atoms with Crippen LogP contribution in [-0.4, -0.2) is 78.1 Å². The average Bonchev–Trinajstić information content (AvgIpc) is 3.37. The number of carbonyl (C=O) groups is 1. The minimum absolute atomic E-state index is 0.266. The van der Waals surface area contributed by atoms with Gasteiger partial charge in [-0.2, -0.15) is 0 Å². The lowest BCUT2D eigenvalue weighted by Gasteiger charge is -2.39. The lowest BCUT2D eigenvalue weighted by Crippen LogP contribution is -2.56. The number of carbonyl (C=O) groups excluding carboxylic acids is 1. The Morgan fingerprint density at radius 2 is 2.05 bits per heavy atom. The van der Waals surface area contributed by atoms with E-state index in [4.69, 9.17) is 9.72 Å². The number of anilines is 3. The number of nitrogens with zero attached hydrogens (tertiary/aromatic N) is 9. The third kappa shape index (κ3) is 5.09. The number of aromatic nitrogens is 7. The molecule has 0 radical (unpaired) electrons. The van der Waals surface area contributed by atoms with Gasteiger partial charge in [-0.1, -0.05) is 11.8 Å². The predicted molar refractivity (Wildman–Crippen MR) is 152 cm³/mol. The Morgan fingerprint density at radius 3 is 2.85 bits per heavy atom. The number of hydrogen-bond donors (Lipinski definition) is 1. The molecule has 4 heterocycles. The van der Waals surface area contributed by atoms with E-state index >= 15 is 0 Å². The Bertz CT molecular complexity index is 1770. The summed E-state index contributed by atoms with van der Waals surface area (Å²) in [6, 6.07) is 10.8. The van der Waals surface area contributed by atoms with Gasteiger partial charge in [-0.3, -0.25) is 4.79 Å². The quantitative estimate of drug-likeness (QED) is 0.297. The van der Waals surface area contributed by atoms with E-state index < -0.39 is 12.7 Å². The molecular weight excluding hydrogens is 527 g/mol. The van der Waals surface area contributed by atoms with Crippen LogP contribution in [0.4, 0.5) is 21.8 Å². The topological polar surface area (TPSA) is 127 Å². The van der Waals surface area contributed by atoms with Gasteiger partial charge in [-0.25, -0.2) is 29.0 Å². The SMILES string of the molecule is C=CC(=O)N1CCN(c2ncc3ncnc(Nc4ccc(Oc5ccc6c(c5)nnn6C)c(C)c4)c3n2)C[C@@H]1CF. The number of amides is 1. The van der Waals surface area contributed by atoms with Crippen LogP contribution in [0.3, 0.4) is 0 Å². The van der Waals surface area contributed by atoms with Crippen LogP contribution in [0.5, 0.6) is 11.5 Å². The fraction of sp³-hybridized carbons (Fsp3) is 0.250. The van der Waals surface area contributed by atoms with Crippen molar-refractivity contribution >= 4 is 45.4 Å². The van der Waals surface area contributed by atoms with Gasteiger partial charge in [-0.15, -0.1) is 5.10 Å². The molecule has 2 aromatic carbocycles. The van der Waals surface area contributed by atoms with Crippen molar-refractivity contribution < 1.29 is 13.9 Å². The molecule has 1 fully saturated rings. The number of halogens is 1. The molecule has 1 saturated heterocycles. The Balaban J connectivity index is 1.22. The van der Waals surface area contributed by atoms with E-state index in [9.17, 15) is 9.18 Å². The highest BCUT2D eigenvalue weighted by atomic mass is 19.1. The van der Waals surface area contributed by atoms with Crippen LogP contribution >= 0.6 is 0 Å². The van der Waals surface area contributed by atoms with Crippen molar-refractivity contribution in [2.24, 2.45) is 7.05 Å². The molecule has 12 nitrogen and oxygen atoms in total. The van der Waals surface area contributed by atoms with E-state index in [1.54, 1.807) is 10.9 Å². The smallest absolute Gasteiger partial charge is 0.246 e. The van der Waals surface area contributed by atoms with E-state index in [1.807, 2.05) is 55.3 Å². The fourth-order valence-corrected chi connectivity index (χ4v) is 4.85. The molecule has 3 aromatic heterocycles. The van der Waals surface area contributed by atoms with Crippen molar-refractivity contribution in [3.05, 3.63) is 67.1 Å². The van der Waals surface area contributed by atoms with Crippen molar-refractivity contribution in [2.75, 3.05) is 36.5 Å². The zero-order valence-corrected chi connectivity index (χ0v) is 22.5. The molecule has 0 spiro atoms. The van der Waals surface area contributed by atoms with Gasteiger partial charge < -0.3 is 19.9 Å². The Morgan fingerprint density at radius 1 is 1.17 bits per heavy atom. The summed E-state index contributed by atoms with van der Waals surface area (Å²) in [6.07, 6.45) is 4.27. The highest BCUT2D eigenvalue weighted by Gasteiger charge is 2.30. The third-order valence-electron chi connectivity index (χ3n) is 7.01. The first-order chi connectivity index (χ1) is 19.9. The Labute approximate surface area is 234 Å². The summed E-state index contributed by atoms with van der Waals surface area (Å²) in [6.45, 7) is 5.87. The van der Waals surface area contributed by atoms with Crippen LogP contribution < -0.4 is 15.0 Å². The average molecular weight is 555 g/mol. The maximum atomic E-state index is 13.8. The first kappa shape index (κ1) is 26.0. The summed E-state index contributed by atoms with van der Waals surface area (Å²) in [7, 11) is 1.84. The number of ether oxygens (including phenoxy) is 1. The number of fused-ring (bicyclic) bond motifs is 2. The van der Waals surface area contributed by atoms with Crippen LogP contribution in [0.2, 0.25) is 0 Å². The number of alkyl halides is 1. The summed E-state index contributed by atoms with van der Waals surface area (Å²) in [5.74, 6) is 2.00. The van der Waals surface area contributed by atoms with Crippen LogP contribution in [0.1, 0.15) is 5.56 Å². The lowest BCUT2D eigenvalue weighted by molar-refractivity contribution is -0.129. The highest BCUT2D eigenvalue weighted by Crippen LogP contribution is 2.31. The molecular formula is C28H27FN10O2. The maximum absolute atomic E-state index is 13.8. The normalized spacial score (nSPS) is 15.3. The Kier molecular flexibility index (Phi) is 6.83. The van der Waals surface area contributed by atoms with E-state index in [0.29, 0.717) is 47.4 Å². The number of piperazine rings is 1. The van der Waals surface area contributed by atoms with Crippen LogP contribution in [0, 0.1) is 6.92 Å². The molecule has 0 aliphatic carbocycles. The zero-order valence-electron chi connectivity index (χ0n) is 22.5. The van der Waals surface area contributed by atoms with Gasteiger partial charge in [0.15, 0.2) is 5.82 Å². The summed E-state index contributed by atoms with van der Waals surface area (Å²) in [4.78, 5) is 33.3. The van der Waals surface area contributed by atoms with E-state index in [1.165, 1.54) is 17.3 Å². The third-order valence-corrected chi connectivity index (χ3v) is 7.01. The van der Waals surface area contributed by atoms with Gasteiger partial charge in [0.2, 0.25) is 11.9 Å². The number of aryl methyl sites for hydroxylation is 2. The van der Waals surface area contributed by atoms with E-state index in [-0.39, 0.29) is 12.5 Å². The largest absolute Gasteiger partial charge is 0.457 e. The number of rotatable bonds is 7. The number of benzene rings is 2. The molecule has 1 N–H and O–H groups in total. The van der Waals surface area contributed by atoms with Gasteiger partial charge in [0.05, 0.1) is 17.8 Å². The highest BCUT2D eigenvalue weighted by molar-refractivity contribution is 5.88. The molecule has 13 heteroatoms. The summed E-state index contributed by atoms with van der Waals surface area (Å²) in [5, 5.41) is 11.5. The second kappa shape index (κ2) is 10.8. The summed E-state index contributed by atoms with van der Waals surface area (Å²) < 4.78 is 21.6. The van der Waals surface area contributed by atoms with Crippen LogP contribution in [0.25, 0.3) is 22.1 Å². The fourth-order valence-electron chi connectivity index (χ4n) is 4.85. The molecule has 1 amide bonds. The summed E-state index contributed by atoms with van der Waals surface area (Å²) in [5.41, 5.74) is 4.45. The van der Waals surface area contributed by atoms with Crippen molar-refractivity contribution in [1.82, 2.24) is 39.8 Å². The number of nitrogens with one attached hydrogen (secondary N) is 1. The van der Waals surface area contributed by atoms with Crippen LogP contribution in [0.15, 0.2) is 61.6 Å². The minimum Gasteiger partial charge on any atom is -0.457 e. The van der Waals surface area contributed by atoms with Gasteiger partial charge in [0.1, 0.15) is 41.1 Å². The van der Waals surface area contributed by atoms with E-state index in [2.05, 4.69) is 37.2 Å². The van der Waals surface area contributed by atoms with Crippen molar-refractivity contribution in [1.29, 1.82) is 0 Å². The molecule has 0 bridgehead atoms. The zero-order chi connectivity index (χ0) is 28.5.